The third kappa shape index (κ3) is 3.14. The largest absolute Gasteiger partial charge is 0.493 e. The van der Waals surface area contributed by atoms with E-state index in [2.05, 4.69) is 5.32 Å². The second-order valence-corrected chi connectivity index (χ2v) is 6.46. The Bertz CT molecular complexity index is 848. The lowest BCUT2D eigenvalue weighted by atomic mass is 10.1. The van der Waals surface area contributed by atoms with Gasteiger partial charge in [-0.3, -0.25) is 4.79 Å². The van der Waals surface area contributed by atoms with Gasteiger partial charge < -0.3 is 24.3 Å². The molecule has 26 heavy (non-hydrogen) atoms. The molecular formula is C20H21NO5. The highest BCUT2D eigenvalue weighted by Gasteiger charge is 2.25. The molecule has 1 N–H and O–H groups in total. The smallest absolute Gasteiger partial charge is 0.251 e. The van der Waals surface area contributed by atoms with Crippen LogP contribution in [0.5, 0.6) is 23.0 Å². The van der Waals surface area contributed by atoms with E-state index in [-0.39, 0.29) is 12.0 Å². The van der Waals surface area contributed by atoms with Crippen LogP contribution in [0.1, 0.15) is 28.4 Å². The molecule has 136 valence electrons. The molecule has 1 amide bonds. The molecule has 2 aliphatic heterocycles. The van der Waals surface area contributed by atoms with E-state index < -0.39 is 0 Å². The van der Waals surface area contributed by atoms with Gasteiger partial charge in [-0.15, -0.1) is 0 Å². The summed E-state index contributed by atoms with van der Waals surface area (Å²) in [6.07, 6.45) is 0.865. The summed E-state index contributed by atoms with van der Waals surface area (Å²) >= 11 is 0. The van der Waals surface area contributed by atoms with E-state index in [4.69, 9.17) is 18.9 Å². The number of benzene rings is 2. The van der Waals surface area contributed by atoms with Gasteiger partial charge in [0, 0.05) is 24.1 Å². The van der Waals surface area contributed by atoms with Gasteiger partial charge in [-0.1, -0.05) is 6.07 Å². The fraction of sp³-hybridized carbons (Fsp3) is 0.350. The average molecular weight is 355 g/mol. The van der Waals surface area contributed by atoms with E-state index in [0.717, 1.165) is 29.0 Å². The van der Waals surface area contributed by atoms with Crippen molar-refractivity contribution in [2.45, 2.75) is 26.0 Å². The Balaban J connectivity index is 1.48. The zero-order valence-corrected chi connectivity index (χ0v) is 14.8. The molecule has 0 unspecified atom stereocenters. The fourth-order valence-electron chi connectivity index (χ4n) is 3.26. The van der Waals surface area contributed by atoms with Gasteiger partial charge >= 0.3 is 0 Å². The number of nitrogens with one attached hydrogen (secondary N) is 1. The van der Waals surface area contributed by atoms with Crippen LogP contribution in [0.4, 0.5) is 0 Å². The minimum absolute atomic E-state index is 0.0925. The van der Waals surface area contributed by atoms with Gasteiger partial charge in [0.15, 0.2) is 23.0 Å². The quantitative estimate of drug-likeness (QED) is 0.913. The van der Waals surface area contributed by atoms with E-state index in [9.17, 15) is 4.79 Å². The van der Waals surface area contributed by atoms with Crippen LogP contribution in [-0.2, 0) is 13.0 Å². The van der Waals surface area contributed by atoms with Gasteiger partial charge in [0.25, 0.3) is 5.91 Å². The zero-order valence-electron chi connectivity index (χ0n) is 14.8. The van der Waals surface area contributed by atoms with Crippen molar-refractivity contribution < 1.29 is 23.7 Å². The first kappa shape index (κ1) is 16.6. The van der Waals surface area contributed by atoms with Crippen LogP contribution in [0.2, 0.25) is 0 Å². The van der Waals surface area contributed by atoms with Gasteiger partial charge in [-0.05, 0) is 36.8 Å². The standard InChI is InChI=1S/C20H21NO5/c1-12-7-14-9-15(10-18(23-2)19(14)26-12)20(22)21-11-13-3-4-16-17(8-13)25-6-5-24-16/h3-4,8-10,12H,5-7,11H2,1-2H3,(H,21,22)/t12-/m0/s1. The number of hydrogen-bond acceptors (Lipinski definition) is 5. The Kier molecular flexibility index (Phi) is 4.32. The summed E-state index contributed by atoms with van der Waals surface area (Å²) in [7, 11) is 1.58. The molecule has 1 atom stereocenters. The molecule has 0 spiro atoms. The van der Waals surface area contributed by atoms with Crippen LogP contribution in [0.3, 0.4) is 0 Å². The van der Waals surface area contributed by atoms with E-state index in [0.29, 0.717) is 36.8 Å². The molecule has 0 fully saturated rings. The van der Waals surface area contributed by atoms with Crippen molar-refractivity contribution in [1.29, 1.82) is 0 Å². The van der Waals surface area contributed by atoms with Gasteiger partial charge in [-0.2, -0.15) is 0 Å². The maximum Gasteiger partial charge on any atom is 0.251 e. The lowest BCUT2D eigenvalue weighted by Crippen LogP contribution is -2.23. The number of ether oxygens (including phenoxy) is 4. The maximum atomic E-state index is 12.6. The Morgan fingerprint density at radius 1 is 1.19 bits per heavy atom. The van der Waals surface area contributed by atoms with Gasteiger partial charge in [-0.25, -0.2) is 0 Å². The molecule has 0 bridgehead atoms. The minimum atomic E-state index is -0.152. The summed E-state index contributed by atoms with van der Waals surface area (Å²) in [6, 6.07) is 9.28. The van der Waals surface area contributed by atoms with Crippen molar-refractivity contribution in [2.24, 2.45) is 0 Å². The number of amides is 1. The van der Waals surface area contributed by atoms with Gasteiger partial charge in [0.2, 0.25) is 0 Å². The average Bonchev–Trinajstić information content (AvgIpc) is 3.05. The van der Waals surface area contributed by atoms with Crippen molar-refractivity contribution in [3.8, 4) is 23.0 Å². The third-order valence-electron chi connectivity index (χ3n) is 4.50. The third-order valence-corrected chi connectivity index (χ3v) is 4.50. The van der Waals surface area contributed by atoms with Crippen molar-refractivity contribution in [3.05, 3.63) is 47.0 Å². The lowest BCUT2D eigenvalue weighted by Gasteiger charge is -2.19. The zero-order chi connectivity index (χ0) is 18.1. The Hall–Kier alpha value is -2.89. The van der Waals surface area contributed by atoms with E-state index in [1.54, 1.807) is 13.2 Å². The first-order valence-corrected chi connectivity index (χ1v) is 8.68. The molecule has 2 aliphatic rings. The summed E-state index contributed by atoms with van der Waals surface area (Å²) in [4.78, 5) is 12.6. The first-order valence-electron chi connectivity index (χ1n) is 8.68. The lowest BCUT2D eigenvalue weighted by molar-refractivity contribution is 0.0950. The van der Waals surface area contributed by atoms with Crippen LogP contribution in [0.25, 0.3) is 0 Å². The highest BCUT2D eigenvalue weighted by molar-refractivity contribution is 5.95. The second-order valence-electron chi connectivity index (χ2n) is 6.46. The van der Waals surface area contributed by atoms with Crippen molar-refractivity contribution in [1.82, 2.24) is 5.32 Å². The Labute approximate surface area is 152 Å². The number of fused-ring (bicyclic) bond motifs is 2. The molecule has 0 radical (unpaired) electrons. The minimum Gasteiger partial charge on any atom is -0.493 e. The summed E-state index contributed by atoms with van der Waals surface area (Å²) in [5.74, 6) is 2.64. The number of hydrogen-bond donors (Lipinski definition) is 1. The van der Waals surface area contributed by atoms with Crippen LogP contribution in [0.15, 0.2) is 30.3 Å². The normalized spacial score (nSPS) is 17.2. The Morgan fingerprint density at radius 3 is 2.81 bits per heavy atom. The van der Waals surface area contributed by atoms with Gasteiger partial charge in [0.1, 0.15) is 19.3 Å². The highest BCUT2D eigenvalue weighted by Crippen LogP contribution is 2.39. The fourth-order valence-corrected chi connectivity index (χ4v) is 3.26. The first-order chi connectivity index (χ1) is 12.6. The topological polar surface area (TPSA) is 66.0 Å². The van der Waals surface area contributed by atoms with E-state index in [1.807, 2.05) is 31.2 Å². The molecule has 0 saturated heterocycles. The molecule has 6 nitrogen and oxygen atoms in total. The van der Waals surface area contributed by atoms with Crippen LogP contribution >= 0.6 is 0 Å². The van der Waals surface area contributed by atoms with Crippen LogP contribution < -0.4 is 24.3 Å². The van der Waals surface area contributed by atoms with Crippen LogP contribution in [0, 0.1) is 0 Å². The van der Waals surface area contributed by atoms with E-state index >= 15 is 0 Å². The number of carbonyl (C=O) groups excluding carboxylic acids is 1. The molecule has 4 rings (SSSR count). The molecule has 0 aliphatic carbocycles. The molecule has 6 heteroatoms. The molecule has 2 heterocycles. The summed E-state index contributed by atoms with van der Waals surface area (Å²) in [5, 5.41) is 2.94. The summed E-state index contributed by atoms with van der Waals surface area (Å²) in [6.45, 7) is 3.51. The highest BCUT2D eigenvalue weighted by atomic mass is 16.6. The molecule has 2 aromatic carbocycles. The summed E-state index contributed by atoms with van der Waals surface area (Å²) < 4.78 is 22.2. The maximum absolute atomic E-state index is 12.6. The predicted octanol–water partition coefficient (Wildman–Crippen LogP) is 2.72. The molecule has 0 aromatic heterocycles. The predicted molar refractivity (Wildman–Crippen MR) is 95.4 cm³/mol. The second kappa shape index (κ2) is 6.78. The Morgan fingerprint density at radius 2 is 2.00 bits per heavy atom. The molecular weight excluding hydrogens is 334 g/mol. The number of carbonyl (C=O) groups is 1. The van der Waals surface area contributed by atoms with Crippen molar-refractivity contribution in [2.75, 3.05) is 20.3 Å². The van der Waals surface area contributed by atoms with Crippen molar-refractivity contribution in [3.63, 3.8) is 0 Å². The van der Waals surface area contributed by atoms with Crippen molar-refractivity contribution >= 4 is 5.91 Å². The number of rotatable bonds is 4. The SMILES string of the molecule is COc1cc(C(=O)NCc2ccc3c(c2)OCCO3)cc2c1O[C@@H](C)C2. The summed E-state index contributed by atoms with van der Waals surface area (Å²) in [5.41, 5.74) is 2.52. The van der Waals surface area contributed by atoms with E-state index in [1.165, 1.54) is 0 Å². The number of methoxy groups -OCH3 is 1. The molecule has 0 saturated carbocycles. The molecule has 2 aromatic rings. The van der Waals surface area contributed by atoms with Crippen LogP contribution in [-0.4, -0.2) is 32.3 Å². The monoisotopic (exact) mass is 355 g/mol. The van der Waals surface area contributed by atoms with Gasteiger partial charge in [0.05, 0.1) is 7.11 Å².